The molecule has 2 heterocycles. The fraction of sp³-hybridized carbons (Fsp3) is 0.435. The van der Waals surface area contributed by atoms with Crippen LogP contribution >= 0.6 is 0 Å². The molecule has 1 N–H and O–H groups in total. The largest absolute Gasteiger partial charge is 0.497 e. The van der Waals surface area contributed by atoms with E-state index in [-0.39, 0.29) is 17.6 Å². The van der Waals surface area contributed by atoms with E-state index in [0.717, 1.165) is 63.3 Å². The third kappa shape index (κ3) is 4.73. The molecule has 31 heavy (non-hydrogen) atoms. The molecule has 2 aromatic carbocycles. The van der Waals surface area contributed by atoms with Crippen LogP contribution in [-0.2, 0) is 0 Å². The Balaban J connectivity index is 1.37. The second-order valence-corrected chi connectivity index (χ2v) is 8.09. The summed E-state index contributed by atoms with van der Waals surface area (Å²) in [7, 11) is 1.65. The van der Waals surface area contributed by atoms with Gasteiger partial charge < -0.3 is 19.9 Å². The van der Waals surface area contributed by atoms with Gasteiger partial charge in [-0.2, -0.15) is 0 Å². The zero-order chi connectivity index (χ0) is 21.8. The third-order valence-corrected chi connectivity index (χ3v) is 6.15. The van der Waals surface area contributed by atoms with Crippen LogP contribution in [0.4, 0.5) is 17.1 Å². The highest BCUT2D eigenvalue weighted by atomic mass is 16.6. The van der Waals surface area contributed by atoms with Crippen LogP contribution in [0.2, 0.25) is 0 Å². The van der Waals surface area contributed by atoms with E-state index in [4.69, 9.17) is 4.74 Å². The molecule has 0 saturated carbocycles. The number of nitro groups is 1. The Morgan fingerprint density at radius 3 is 2.32 bits per heavy atom. The van der Waals surface area contributed by atoms with Gasteiger partial charge in [-0.1, -0.05) is 0 Å². The average molecular weight is 425 g/mol. The van der Waals surface area contributed by atoms with Gasteiger partial charge in [-0.3, -0.25) is 14.9 Å². The van der Waals surface area contributed by atoms with Crippen molar-refractivity contribution in [3.05, 3.63) is 58.1 Å². The molecule has 2 aliphatic rings. The smallest absolute Gasteiger partial charge is 0.293 e. The molecule has 8 heteroatoms. The number of nitro benzene ring substituents is 1. The predicted octanol–water partition coefficient (Wildman–Crippen LogP) is 3.60. The quantitative estimate of drug-likeness (QED) is 0.563. The van der Waals surface area contributed by atoms with E-state index in [1.165, 1.54) is 6.07 Å². The lowest BCUT2D eigenvalue weighted by atomic mass is 10.0. The van der Waals surface area contributed by atoms with Crippen molar-refractivity contribution in [1.29, 1.82) is 0 Å². The molecule has 164 valence electrons. The lowest BCUT2D eigenvalue weighted by Gasteiger charge is -2.34. The van der Waals surface area contributed by atoms with Gasteiger partial charge in [-0.25, -0.2) is 0 Å². The fourth-order valence-electron chi connectivity index (χ4n) is 4.38. The molecule has 2 fully saturated rings. The topological polar surface area (TPSA) is 88.0 Å². The average Bonchev–Trinajstić information content (AvgIpc) is 3.34. The molecular weight excluding hydrogens is 396 g/mol. The monoisotopic (exact) mass is 424 g/mol. The summed E-state index contributed by atoms with van der Waals surface area (Å²) in [6.45, 7) is 3.31. The minimum absolute atomic E-state index is 0.00359. The van der Waals surface area contributed by atoms with E-state index in [0.29, 0.717) is 11.3 Å². The number of piperidine rings is 1. The van der Waals surface area contributed by atoms with E-state index < -0.39 is 4.92 Å². The number of nitrogens with zero attached hydrogens (tertiary/aromatic N) is 3. The number of nitrogens with one attached hydrogen (secondary N) is 1. The number of anilines is 2. The van der Waals surface area contributed by atoms with Crippen molar-refractivity contribution < 1.29 is 14.5 Å². The van der Waals surface area contributed by atoms with Gasteiger partial charge in [0.15, 0.2) is 0 Å². The number of carbonyl (C=O) groups excluding carboxylic acids is 1. The molecule has 8 nitrogen and oxygen atoms in total. The number of rotatable bonds is 6. The molecule has 0 aromatic heterocycles. The number of amides is 1. The van der Waals surface area contributed by atoms with Crippen LogP contribution in [0.5, 0.6) is 5.75 Å². The number of carbonyl (C=O) groups is 1. The van der Waals surface area contributed by atoms with E-state index >= 15 is 0 Å². The molecule has 0 atom stereocenters. The van der Waals surface area contributed by atoms with Gasteiger partial charge in [0.25, 0.3) is 11.6 Å². The first kappa shape index (κ1) is 21.0. The Hall–Kier alpha value is -3.29. The minimum atomic E-state index is -0.391. The number of benzene rings is 2. The van der Waals surface area contributed by atoms with Gasteiger partial charge in [0.1, 0.15) is 11.4 Å². The number of methoxy groups -OCH3 is 1. The molecule has 0 spiro atoms. The Morgan fingerprint density at radius 2 is 1.71 bits per heavy atom. The number of ether oxygens (including phenoxy) is 1. The first-order chi connectivity index (χ1) is 15.0. The van der Waals surface area contributed by atoms with Crippen LogP contribution in [0.15, 0.2) is 42.5 Å². The molecule has 2 saturated heterocycles. The maximum absolute atomic E-state index is 12.8. The number of hydrogen-bond acceptors (Lipinski definition) is 6. The van der Waals surface area contributed by atoms with Crippen LogP contribution < -0.4 is 19.9 Å². The maximum atomic E-state index is 12.8. The Bertz CT molecular complexity index is 933. The van der Waals surface area contributed by atoms with Crippen molar-refractivity contribution in [3.63, 3.8) is 0 Å². The summed E-state index contributed by atoms with van der Waals surface area (Å²) < 4.78 is 5.21. The normalized spacial score (nSPS) is 16.9. The van der Waals surface area contributed by atoms with Crippen LogP contribution in [0, 0.1) is 10.1 Å². The Morgan fingerprint density at radius 1 is 1.03 bits per heavy atom. The summed E-state index contributed by atoms with van der Waals surface area (Å²) in [6, 6.07) is 12.9. The fourth-order valence-corrected chi connectivity index (χ4v) is 4.38. The van der Waals surface area contributed by atoms with E-state index in [1.54, 1.807) is 19.2 Å². The first-order valence-electron chi connectivity index (χ1n) is 10.8. The predicted molar refractivity (Wildman–Crippen MR) is 120 cm³/mol. The summed E-state index contributed by atoms with van der Waals surface area (Å²) in [4.78, 5) is 28.3. The standard InChI is InChI=1S/C23H28N4O4/c1-31-20-7-5-19(6-8-20)25-14-10-18(11-15-25)24-23(28)17-4-9-21(22(16-17)27(29)30)26-12-2-3-13-26/h4-9,16,18H,2-3,10-15H2,1H3,(H,24,28). The second kappa shape index (κ2) is 9.24. The maximum Gasteiger partial charge on any atom is 0.293 e. The van der Waals surface area contributed by atoms with E-state index in [1.807, 2.05) is 29.2 Å². The van der Waals surface area contributed by atoms with Crippen molar-refractivity contribution >= 4 is 23.0 Å². The van der Waals surface area contributed by atoms with Gasteiger partial charge in [-0.15, -0.1) is 0 Å². The van der Waals surface area contributed by atoms with Crippen LogP contribution in [0.1, 0.15) is 36.0 Å². The van der Waals surface area contributed by atoms with Gasteiger partial charge in [0.05, 0.1) is 12.0 Å². The summed E-state index contributed by atoms with van der Waals surface area (Å²) in [6.07, 6.45) is 3.72. The molecule has 0 aliphatic carbocycles. The van der Waals surface area contributed by atoms with E-state index in [2.05, 4.69) is 10.2 Å². The highest BCUT2D eigenvalue weighted by Gasteiger charge is 2.26. The van der Waals surface area contributed by atoms with Gasteiger partial charge in [0, 0.05) is 49.5 Å². The highest BCUT2D eigenvalue weighted by molar-refractivity contribution is 5.96. The SMILES string of the molecule is COc1ccc(N2CCC(NC(=O)c3ccc(N4CCCC4)c([N+](=O)[O-])c3)CC2)cc1. The summed E-state index contributed by atoms with van der Waals surface area (Å²) in [5.41, 5.74) is 2.08. The molecule has 4 rings (SSSR count). The van der Waals surface area contributed by atoms with Gasteiger partial charge in [-0.05, 0) is 62.1 Å². The Kier molecular flexibility index (Phi) is 6.25. The molecule has 1 amide bonds. The van der Waals surface area contributed by atoms with Crippen LogP contribution in [0.25, 0.3) is 0 Å². The second-order valence-electron chi connectivity index (χ2n) is 8.09. The Labute approximate surface area is 181 Å². The van der Waals surface area contributed by atoms with Crippen LogP contribution in [0.3, 0.4) is 0 Å². The molecule has 0 unspecified atom stereocenters. The third-order valence-electron chi connectivity index (χ3n) is 6.15. The van der Waals surface area contributed by atoms with Gasteiger partial charge in [0.2, 0.25) is 0 Å². The van der Waals surface area contributed by atoms with Crippen molar-refractivity contribution in [1.82, 2.24) is 5.32 Å². The van der Waals surface area contributed by atoms with Crippen molar-refractivity contribution in [2.75, 3.05) is 43.1 Å². The molecule has 2 aromatic rings. The van der Waals surface area contributed by atoms with Crippen molar-refractivity contribution in [2.45, 2.75) is 31.7 Å². The number of hydrogen-bond donors (Lipinski definition) is 1. The molecular formula is C23H28N4O4. The molecule has 0 bridgehead atoms. The highest BCUT2D eigenvalue weighted by Crippen LogP contribution is 2.32. The van der Waals surface area contributed by atoms with Crippen LogP contribution in [-0.4, -0.2) is 50.2 Å². The summed E-state index contributed by atoms with van der Waals surface area (Å²) >= 11 is 0. The summed E-state index contributed by atoms with van der Waals surface area (Å²) in [5.74, 6) is 0.578. The van der Waals surface area contributed by atoms with E-state index in [9.17, 15) is 14.9 Å². The minimum Gasteiger partial charge on any atom is -0.497 e. The lowest BCUT2D eigenvalue weighted by molar-refractivity contribution is -0.384. The van der Waals surface area contributed by atoms with Gasteiger partial charge >= 0.3 is 0 Å². The van der Waals surface area contributed by atoms with Crippen molar-refractivity contribution in [3.8, 4) is 5.75 Å². The van der Waals surface area contributed by atoms with Crippen molar-refractivity contribution in [2.24, 2.45) is 0 Å². The zero-order valence-corrected chi connectivity index (χ0v) is 17.8. The first-order valence-corrected chi connectivity index (χ1v) is 10.8. The zero-order valence-electron chi connectivity index (χ0n) is 17.8. The summed E-state index contributed by atoms with van der Waals surface area (Å²) in [5, 5.41) is 14.6. The lowest BCUT2D eigenvalue weighted by Crippen LogP contribution is -2.44. The molecule has 0 radical (unpaired) electrons. The molecule has 2 aliphatic heterocycles.